The van der Waals surface area contributed by atoms with E-state index in [4.69, 9.17) is 0 Å². The molecule has 224 valence electrons. The maximum Gasteiger partial charge on any atom is 0.0798 e. The van der Waals surface area contributed by atoms with Gasteiger partial charge in [0.05, 0.1) is 9.49 Å². The summed E-state index contributed by atoms with van der Waals surface area (Å²) in [5.41, 5.74) is 4.46. The molecule has 0 amide bonds. The van der Waals surface area contributed by atoms with Gasteiger partial charge in [0.1, 0.15) is 0 Å². The molecular weight excluding hydrogens is 561 g/mol. The molecule has 2 unspecified atom stereocenters. The number of thioether (sulfide) groups is 1. The fourth-order valence-corrected chi connectivity index (χ4v) is 9.92. The van der Waals surface area contributed by atoms with Gasteiger partial charge < -0.3 is 0 Å². The molecule has 2 aliphatic carbocycles. The summed E-state index contributed by atoms with van der Waals surface area (Å²) < 4.78 is -1.06. The molecule has 0 spiro atoms. The van der Waals surface area contributed by atoms with Crippen molar-refractivity contribution in [2.45, 2.75) is 36.2 Å². The van der Waals surface area contributed by atoms with Crippen LogP contribution >= 0.6 is 11.8 Å². The lowest BCUT2D eigenvalue weighted by Gasteiger charge is -2.58. The van der Waals surface area contributed by atoms with Gasteiger partial charge in [-0.15, -0.1) is 11.8 Å². The van der Waals surface area contributed by atoms with Crippen molar-refractivity contribution in [2.24, 2.45) is 10.8 Å². The molecule has 0 heterocycles. The third-order valence-corrected chi connectivity index (χ3v) is 11.8. The van der Waals surface area contributed by atoms with Crippen LogP contribution in [0.3, 0.4) is 0 Å². The summed E-state index contributed by atoms with van der Waals surface area (Å²) in [4.78, 5) is 0. The maximum atomic E-state index is 2.46. The highest BCUT2D eigenvalue weighted by Gasteiger charge is 2.61. The van der Waals surface area contributed by atoms with Crippen LogP contribution in [-0.4, -0.2) is 0 Å². The van der Waals surface area contributed by atoms with Gasteiger partial charge in [-0.2, -0.15) is 0 Å². The third kappa shape index (κ3) is 5.24. The number of hydrogen-bond acceptors (Lipinski definition) is 1. The summed E-state index contributed by atoms with van der Waals surface area (Å²) >= 11 is 2.11. The summed E-state index contributed by atoms with van der Waals surface area (Å²) in [7, 11) is 0. The largest absolute Gasteiger partial charge is 0.126 e. The second-order valence-corrected chi connectivity index (χ2v) is 13.4. The third-order valence-electron chi connectivity index (χ3n) is 9.46. The van der Waals surface area contributed by atoms with Crippen molar-refractivity contribution in [2.75, 3.05) is 0 Å². The molecule has 4 aromatic rings. The molecule has 0 saturated heterocycles. The van der Waals surface area contributed by atoms with E-state index >= 15 is 0 Å². The zero-order valence-corrected chi connectivity index (χ0v) is 27.1. The van der Waals surface area contributed by atoms with Gasteiger partial charge in [0.25, 0.3) is 0 Å². The average Bonchev–Trinajstić information content (AvgIpc) is 3.11. The fraction of sp³-hybridized carbons (Fsp3) is 0.182. The van der Waals surface area contributed by atoms with E-state index in [2.05, 4.69) is 220 Å². The summed E-state index contributed by atoms with van der Waals surface area (Å²) in [6.45, 7) is 4.33. The Bertz CT molecular complexity index is 1510. The summed E-state index contributed by atoms with van der Waals surface area (Å²) in [6, 6.07) is 45.0. The standard InChI is InChI=1S/C44H42S/c1-3-31-41(33-19-9-20-34-41)43(37-23-11-5-12-24-37,38-25-13-6-14-26-38)45-44(39-27-15-7-16-28-39,40-29-17-8-18-30-40)42(32-4-2)35-21-10-22-36-42/h3-33,35H,34,36H2,1-2H3/b31-3+,32-4+. The molecule has 0 radical (unpaired) electrons. The molecule has 2 aliphatic rings. The van der Waals surface area contributed by atoms with Crippen molar-refractivity contribution in [1.29, 1.82) is 0 Å². The minimum atomic E-state index is -0.529. The molecule has 0 N–H and O–H groups in total. The van der Waals surface area contributed by atoms with Crippen LogP contribution in [0.25, 0.3) is 0 Å². The molecule has 6 rings (SSSR count). The van der Waals surface area contributed by atoms with Crippen LogP contribution in [0, 0.1) is 10.8 Å². The smallest absolute Gasteiger partial charge is 0.0798 e. The van der Waals surface area contributed by atoms with E-state index < -0.39 is 9.49 Å². The highest BCUT2D eigenvalue weighted by Crippen LogP contribution is 2.70. The van der Waals surface area contributed by atoms with Crippen molar-refractivity contribution in [3.8, 4) is 0 Å². The van der Waals surface area contributed by atoms with Crippen LogP contribution < -0.4 is 0 Å². The first kappa shape index (κ1) is 30.7. The lowest BCUT2D eigenvalue weighted by Crippen LogP contribution is -2.51. The number of benzene rings is 4. The van der Waals surface area contributed by atoms with Gasteiger partial charge in [0.2, 0.25) is 0 Å². The molecular formula is C44H42S. The molecule has 4 aromatic carbocycles. The van der Waals surface area contributed by atoms with Crippen LogP contribution in [0.5, 0.6) is 0 Å². The minimum Gasteiger partial charge on any atom is -0.126 e. The molecule has 2 atom stereocenters. The molecule has 1 heteroatoms. The average molecular weight is 603 g/mol. The van der Waals surface area contributed by atoms with Gasteiger partial charge in [-0.05, 0) is 48.9 Å². The first-order valence-corrected chi connectivity index (χ1v) is 16.9. The lowest BCUT2D eigenvalue weighted by atomic mass is 9.63. The normalized spacial score (nSPS) is 21.6. The SMILES string of the molecule is C/C=C/C1(C(SC(c2ccccc2)(c2ccccc2)C2(/C=C/C)C=CC=CC2)(c2ccccc2)c2ccccc2)C=CC=CC1. The Kier molecular flexibility index (Phi) is 9.10. The van der Waals surface area contributed by atoms with Gasteiger partial charge >= 0.3 is 0 Å². The summed E-state index contributed by atoms with van der Waals surface area (Å²) in [5.74, 6) is 0. The van der Waals surface area contributed by atoms with E-state index in [0.717, 1.165) is 12.8 Å². The highest BCUT2D eigenvalue weighted by atomic mass is 32.2. The summed E-state index contributed by atoms with van der Waals surface area (Å²) in [5, 5.41) is 0. The highest BCUT2D eigenvalue weighted by molar-refractivity contribution is 8.01. The fourth-order valence-electron chi connectivity index (χ4n) is 7.63. The first-order valence-electron chi connectivity index (χ1n) is 16.1. The molecule has 0 aliphatic heterocycles. The van der Waals surface area contributed by atoms with E-state index in [1.54, 1.807) is 0 Å². The topological polar surface area (TPSA) is 0 Å². The van der Waals surface area contributed by atoms with Crippen molar-refractivity contribution in [3.63, 3.8) is 0 Å². The Morgan fingerprint density at radius 2 is 0.778 bits per heavy atom. The predicted molar refractivity (Wildman–Crippen MR) is 195 cm³/mol. The predicted octanol–water partition coefficient (Wildman–Crippen LogP) is 11.8. The van der Waals surface area contributed by atoms with Crippen LogP contribution in [0.4, 0.5) is 0 Å². The van der Waals surface area contributed by atoms with Gasteiger partial charge in [-0.1, -0.05) is 194 Å². The Hall–Kier alpha value is -4.33. The molecule has 0 fully saturated rings. The van der Waals surface area contributed by atoms with Gasteiger partial charge in [-0.25, -0.2) is 0 Å². The van der Waals surface area contributed by atoms with Crippen molar-refractivity contribution < 1.29 is 0 Å². The Labute approximate surface area is 274 Å². The van der Waals surface area contributed by atoms with E-state index in [-0.39, 0.29) is 10.8 Å². The van der Waals surface area contributed by atoms with Crippen LogP contribution in [0.2, 0.25) is 0 Å². The molecule has 0 aromatic heterocycles. The minimum absolute atomic E-state index is 0.357. The van der Waals surface area contributed by atoms with Crippen molar-refractivity contribution in [1.82, 2.24) is 0 Å². The Morgan fingerprint density at radius 1 is 0.467 bits per heavy atom. The van der Waals surface area contributed by atoms with E-state index in [0.29, 0.717) is 0 Å². The zero-order chi connectivity index (χ0) is 31.1. The van der Waals surface area contributed by atoms with Crippen LogP contribution in [0.15, 0.2) is 194 Å². The maximum absolute atomic E-state index is 2.46. The molecule has 0 nitrogen and oxygen atoms in total. The van der Waals surface area contributed by atoms with E-state index in [1.807, 2.05) is 0 Å². The van der Waals surface area contributed by atoms with Crippen molar-refractivity contribution >= 4 is 11.8 Å². The monoisotopic (exact) mass is 602 g/mol. The van der Waals surface area contributed by atoms with Gasteiger partial charge in [0, 0.05) is 10.8 Å². The number of hydrogen-bond donors (Lipinski definition) is 0. The van der Waals surface area contributed by atoms with Crippen LogP contribution in [0.1, 0.15) is 48.9 Å². The number of rotatable bonds is 10. The Morgan fingerprint density at radius 3 is 1.02 bits per heavy atom. The second kappa shape index (κ2) is 13.3. The molecule has 45 heavy (non-hydrogen) atoms. The summed E-state index contributed by atoms with van der Waals surface area (Å²) in [6.07, 6.45) is 29.7. The van der Waals surface area contributed by atoms with E-state index in [9.17, 15) is 0 Å². The quantitative estimate of drug-likeness (QED) is 0.163. The zero-order valence-electron chi connectivity index (χ0n) is 26.3. The first-order chi connectivity index (χ1) is 22.2. The van der Waals surface area contributed by atoms with Gasteiger partial charge in [-0.3, -0.25) is 0 Å². The molecule has 0 bridgehead atoms. The second-order valence-electron chi connectivity index (χ2n) is 12.0. The van der Waals surface area contributed by atoms with Crippen molar-refractivity contribution in [3.05, 3.63) is 216 Å². The van der Waals surface area contributed by atoms with Gasteiger partial charge in [0.15, 0.2) is 0 Å². The number of allylic oxidation sites excluding steroid dienone is 12. The Balaban J connectivity index is 1.83. The molecule has 0 saturated carbocycles. The lowest BCUT2D eigenvalue weighted by molar-refractivity contribution is 0.361. The van der Waals surface area contributed by atoms with Crippen LogP contribution in [-0.2, 0) is 9.49 Å². The van der Waals surface area contributed by atoms with E-state index in [1.165, 1.54) is 22.3 Å².